The van der Waals surface area contributed by atoms with Crippen LogP contribution in [-0.4, -0.2) is 24.5 Å². The molecule has 1 saturated heterocycles. The minimum atomic E-state index is -1.04. The molecule has 0 spiro atoms. The second kappa shape index (κ2) is 10.9. The molecule has 36 heavy (non-hydrogen) atoms. The highest BCUT2D eigenvalue weighted by atomic mass is 79.9. The van der Waals surface area contributed by atoms with E-state index in [1.165, 1.54) is 30.3 Å². The van der Waals surface area contributed by atoms with Crippen molar-refractivity contribution in [3.05, 3.63) is 92.7 Å². The van der Waals surface area contributed by atoms with Crippen LogP contribution in [0.15, 0.2) is 70.7 Å². The fraction of sp³-hybridized carbons (Fsp3) is 0.115. The number of carbonyl (C=O) groups excluding carboxylic acids is 3. The minimum absolute atomic E-state index is 0.190. The molecule has 4 amide bonds. The van der Waals surface area contributed by atoms with Crippen molar-refractivity contribution in [2.24, 2.45) is 0 Å². The zero-order chi connectivity index (χ0) is 25.8. The summed E-state index contributed by atoms with van der Waals surface area (Å²) in [6.45, 7) is 2.32. The summed E-state index contributed by atoms with van der Waals surface area (Å²) in [4.78, 5) is 38.5. The number of barbiturate groups is 1. The Bertz CT molecular complexity index is 1380. The molecule has 1 fully saturated rings. The van der Waals surface area contributed by atoms with Gasteiger partial charge in [0.05, 0.1) is 17.3 Å². The lowest BCUT2D eigenvalue weighted by molar-refractivity contribution is -0.122. The van der Waals surface area contributed by atoms with E-state index >= 15 is 0 Å². The number of carbonyl (C=O) groups is 3. The molecule has 0 radical (unpaired) electrons. The van der Waals surface area contributed by atoms with Gasteiger partial charge < -0.3 is 9.47 Å². The lowest BCUT2D eigenvalue weighted by Gasteiger charge is -2.26. The molecule has 0 aliphatic carbocycles. The van der Waals surface area contributed by atoms with Crippen molar-refractivity contribution in [1.82, 2.24) is 5.32 Å². The predicted molar refractivity (Wildman–Crippen MR) is 136 cm³/mol. The van der Waals surface area contributed by atoms with Crippen molar-refractivity contribution < 1.29 is 28.2 Å². The first-order chi connectivity index (χ1) is 17.3. The SMILES string of the molecule is CCOc1cc(/C=C2/C(=O)NC(=O)N(c3ccccc3F)C2=O)cc(Cl)c1OCc1ccc(Br)cc1. The average Bonchev–Trinajstić information content (AvgIpc) is 2.83. The smallest absolute Gasteiger partial charge is 0.336 e. The van der Waals surface area contributed by atoms with Gasteiger partial charge in [-0.3, -0.25) is 14.9 Å². The van der Waals surface area contributed by atoms with Crippen molar-refractivity contribution in [1.29, 1.82) is 0 Å². The summed E-state index contributed by atoms with van der Waals surface area (Å²) >= 11 is 9.87. The van der Waals surface area contributed by atoms with Gasteiger partial charge in [0.1, 0.15) is 18.0 Å². The van der Waals surface area contributed by atoms with Gasteiger partial charge >= 0.3 is 6.03 Å². The number of amides is 4. The van der Waals surface area contributed by atoms with E-state index in [4.69, 9.17) is 21.1 Å². The zero-order valence-corrected chi connectivity index (χ0v) is 21.2. The molecule has 184 valence electrons. The van der Waals surface area contributed by atoms with Gasteiger partial charge in [-0.05, 0) is 60.5 Å². The molecular weight excluding hydrogens is 555 g/mol. The number of nitrogens with one attached hydrogen (secondary N) is 1. The Morgan fingerprint density at radius 2 is 1.78 bits per heavy atom. The second-order valence-corrected chi connectivity index (χ2v) is 8.91. The summed E-state index contributed by atoms with van der Waals surface area (Å²) in [5.41, 5.74) is 0.606. The third kappa shape index (κ3) is 5.42. The maximum Gasteiger partial charge on any atom is 0.336 e. The molecule has 1 heterocycles. The molecule has 10 heteroatoms. The largest absolute Gasteiger partial charge is 0.490 e. The molecule has 0 unspecified atom stereocenters. The van der Waals surface area contributed by atoms with Crippen LogP contribution in [0.1, 0.15) is 18.1 Å². The number of anilines is 1. The van der Waals surface area contributed by atoms with E-state index in [1.54, 1.807) is 13.0 Å². The topological polar surface area (TPSA) is 84.9 Å². The van der Waals surface area contributed by atoms with E-state index in [9.17, 15) is 18.8 Å². The van der Waals surface area contributed by atoms with Crippen LogP contribution in [0.4, 0.5) is 14.9 Å². The number of urea groups is 1. The lowest BCUT2D eigenvalue weighted by Crippen LogP contribution is -2.54. The van der Waals surface area contributed by atoms with Crippen LogP contribution in [0.3, 0.4) is 0 Å². The van der Waals surface area contributed by atoms with Gasteiger partial charge in [0.15, 0.2) is 11.5 Å². The highest BCUT2D eigenvalue weighted by Crippen LogP contribution is 2.38. The molecule has 0 aromatic heterocycles. The summed E-state index contributed by atoms with van der Waals surface area (Å²) in [6, 6.07) is 14.9. The zero-order valence-electron chi connectivity index (χ0n) is 18.9. The second-order valence-electron chi connectivity index (χ2n) is 7.59. The Balaban J connectivity index is 1.66. The van der Waals surface area contributed by atoms with Gasteiger partial charge in [0.25, 0.3) is 11.8 Å². The molecular formula is C26H19BrClFN2O5. The van der Waals surface area contributed by atoms with Crippen molar-refractivity contribution >= 4 is 57.1 Å². The van der Waals surface area contributed by atoms with Crippen LogP contribution in [0.2, 0.25) is 5.02 Å². The van der Waals surface area contributed by atoms with E-state index in [2.05, 4.69) is 21.2 Å². The molecule has 1 N–H and O–H groups in total. The Morgan fingerprint density at radius 1 is 1.06 bits per heavy atom. The van der Waals surface area contributed by atoms with Crippen molar-refractivity contribution in [2.45, 2.75) is 13.5 Å². The van der Waals surface area contributed by atoms with Gasteiger partial charge in [0.2, 0.25) is 0 Å². The molecule has 3 aromatic rings. The number of benzene rings is 3. The normalized spacial score (nSPS) is 14.7. The van der Waals surface area contributed by atoms with E-state index < -0.39 is 23.7 Å². The van der Waals surface area contributed by atoms with Gasteiger partial charge in [-0.1, -0.05) is 51.8 Å². The predicted octanol–water partition coefficient (Wildman–Crippen LogP) is 5.89. The van der Waals surface area contributed by atoms with Crippen LogP contribution in [-0.2, 0) is 16.2 Å². The Kier molecular flexibility index (Phi) is 7.71. The summed E-state index contributed by atoms with van der Waals surface area (Å²) in [5, 5.41) is 2.25. The molecule has 1 aliphatic heterocycles. The van der Waals surface area contributed by atoms with E-state index in [1.807, 2.05) is 24.3 Å². The third-order valence-corrected chi connectivity index (χ3v) is 5.94. The highest BCUT2D eigenvalue weighted by molar-refractivity contribution is 9.10. The van der Waals surface area contributed by atoms with Crippen LogP contribution >= 0.6 is 27.5 Å². The number of rotatable bonds is 7. The van der Waals surface area contributed by atoms with E-state index in [-0.39, 0.29) is 22.9 Å². The van der Waals surface area contributed by atoms with Gasteiger partial charge in [-0.25, -0.2) is 14.1 Å². The summed E-state index contributed by atoms with van der Waals surface area (Å²) in [6.07, 6.45) is 1.25. The van der Waals surface area contributed by atoms with Crippen molar-refractivity contribution in [3.8, 4) is 11.5 Å². The Labute approximate surface area is 219 Å². The maximum atomic E-state index is 14.3. The van der Waals surface area contributed by atoms with Crippen LogP contribution in [0, 0.1) is 5.82 Å². The minimum Gasteiger partial charge on any atom is -0.490 e. The number of hydrogen-bond acceptors (Lipinski definition) is 5. The van der Waals surface area contributed by atoms with Gasteiger partial charge in [0, 0.05) is 4.47 Å². The van der Waals surface area contributed by atoms with Crippen LogP contribution in [0.5, 0.6) is 11.5 Å². The molecule has 7 nitrogen and oxygen atoms in total. The van der Waals surface area contributed by atoms with E-state index in [0.717, 1.165) is 16.1 Å². The van der Waals surface area contributed by atoms with Crippen LogP contribution < -0.4 is 19.7 Å². The first-order valence-electron chi connectivity index (χ1n) is 10.8. The molecule has 4 rings (SSSR count). The summed E-state index contributed by atoms with van der Waals surface area (Å²) < 4.78 is 26.8. The number of nitrogens with zero attached hydrogens (tertiary/aromatic N) is 1. The van der Waals surface area contributed by atoms with Crippen molar-refractivity contribution in [2.75, 3.05) is 11.5 Å². The number of ether oxygens (including phenoxy) is 2. The first kappa shape index (κ1) is 25.4. The quantitative estimate of drug-likeness (QED) is 0.282. The molecule has 1 aliphatic rings. The Hall–Kier alpha value is -3.69. The molecule has 0 bridgehead atoms. The van der Waals surface area contributed by atoms with Crippen LogP contribution in [0.25, 0.3) is 6.08 Å². The third-order valence-electron chi connectivity index (χ3n) is 5.13. The highest BCUT2D eigenvalue weighted by Gasteiger charge is 2.38. The standard InChI is InChI=1S/C26H19BrClFN2O5/c1-2-35-22-13-16(12-19(28)23(22)36-14-15-7-9-17(27)10-8-15)11-18-24(32)30-26(34)31(25(18)33)21-6-4-3-5-20(21)29/h3-13H,2,14H2,1H3,(H,30,32,34)/b18-11-. The number of halogens is 3. The first-order valence-corrected chi connectivity index (χ1v) is 11.9. The monoisotopic (exact) mass is 572 g/mol. The Morgan fingerprint density at radius 3 is 2.47 bits per heavy atom. The van der Waals surface area contributed by atoms with Gasteiger partial charge in [-0.15, -0.1) is 0 Å². The maximum absolute atomic E-state index is 14.3. The number of imide groups is 2. The van der Waals surface area contributed by atoms with Crippen molar-refractivity contribution in [3.63, 3.8) is 0 Å². The number of hydrogen-bond donors (Lipinski definition) is 1. The summed E-state index contributed by atoms with van der Waals surface area (Å²) in [7, 11) is 0. The summed E-state index contributed by atoms with van der Waals surface area (Å²) in [5.74, 6) is -2.07. The molecule has 0 atom stereocenters. The molecule has 3 aromatic carbocycles. The van der Waals surface area contributed by atoms with E-state index in [0.29, 0.717) is 28.6 Å². The fourth-order valence-corrected chi connectivity index (χ4v) is 4.02. The number of para-hydroxylation sites is 1. The van der Waals surface area contributed by atoms with Gasteiger partial charge in [-0.2, -0.15) is 0 Å². The lowest BCUT2D eigenvalue weighted by atomic mass is 10.1. The fourth-order valence-electron chi connectivity index (χ4n) is 3.49. The average molecular weight is 574 g/mol. The molecule has 0 saturated carbocycles.